The third-order valence-electron chi connectivity index (χ3n) is 4.11. The molecular weight excluding hydrogens is 282 g/mol. The molecule has 1 unspecified atom stereocenters. The van der Waals surface area contributed by atoms with Gasteiger partial charge in [-0.3, -0.25) is 0 Å². The number of unbranched alkanes of at least 4 members (excludes halogenated alkanes) is 2. The van der Waals surface area contributed by atoms with Crippen molar-refractivity contribution in [3.63, 3.8) is 0 Å². The average molecular weight is 312 g/mol. The molecule has 1 aromatic rings. The van der Waals surface area contributed by atoms with Crippen LogP contribution in [0.1, 0.15) is 57.1 Å². The zero-order valence-corrected chi connectivity index (χ0v) is 14.1. The van der Waals surface area contributed by atoms with Gasteiger partial charge >= 0.3 is 0 Å². The molecule has 2 nitrogen and oxygen atoms in total. The predicted octanol–water partition coefficient (Wildman–Crippen LogP) is 4.84. The van der Waals surface area contributed by atoms with Crippen LogP contribution in [0.15, 0.2) is 30.3 Å². The second-order valence-corrected chi connectivity index (χ2v) is 5.84. The minimum Gasteiger partial charge on any atom is -0.372 e. The van der Waals surface area contributed by atoms with E-state index in [2.05, 4.69) is 42.2 Å². The average Bonchev–Trinajstić information content (AvgIpc) is 2.52. The van der Waals surface area contributed by atoms with E-state index in [9.17, 15) is 0 Å². The van der Waals surface area contributed by atoms with E-state index in [4.69, 9.17) is 4.74 Å². The SMILES string of the molecule is CCCCCOC(CN1CCCCC1)c1ccccc1.Cl. The van der Waals surface area contributed by atoms with Gasteiger partial charge in [0.25, 0.3) is 0 Å². The molecule has 0 amide bonds. The van der Waals surface area contributed by atoms with Crippen molar-refractivity contribution in [1.29, 1.82) is 0 Å². The number of likely N-dealkylation sites (tertiary alicyclic amines) is 1. The van der Waals surface area contributed by atoms with Gasteiger partial charge in [-0.15, -0.1) is 12.4 Å². The number of piperidine rings is 1. The summed E-state index contributed by atoms with van der Waals surface area (Å²) in [6, 6.07) is 10.7. The quantitative estimate of drug-likeness (QED) is 0.637. The van der Waals surface area contributed by atoms with Crippen molar-refractivity contribution in [2.24, 2.45) is 0 Å². The highest BCUT2D eigenvalue weighted by Crippen LogP contribution is 2.21. The highest BCUT2D eigenvalue weighted by molar-refractivity contribution is 5.85. The summed E-state index contributed by atoms with van der Waals surface area (Å²) in [6.45, 7) is 6.66. The molecule has 1 aliphatic heterocycles. The Balaban J connectivity index is 0.00000220. The van der Waals surface area contributed by atoms with Gasteiger partial charge in [-0.1, -0.05) is 56.5 Å². The highest BCUT2D eigenvalue weighted by Gasteiger charge is 2.18. The van der Waals surface area contributed by atoms with Gasteiger partial charge in [0.2, 0.25) is 0 Å². The van der Waals surface area contributed by atoms with Crippen molar-refractivity contribution < 1.29 is 4.74 Å². The van der Waals surface area contributed by atoms with Crippen LogP contribution < -0.4 is 0 Å². The van der Waals surface area contributed by atoms with Crippen LogP contribution in [0.4, 0.5) is 0 Å². The molecule has 0 radical (unpaired) electrons. The van der Waals surface area contributed by atoms with Crippen molar-refractivity contribution in [3.05, 3.63) is 35.9 Å². The molecule has 21 heavy (non-hydrogen) atoms. The van der Waals surface area contributed by atoms with Crippen LogP contribution in [-0.2, 0) is 4.74 Å². The van der Waals surface area contributed by atoms with Crippen molar-refractivity contribution in [2.45, 2.75) is 51.6 Å². The molecule has 0 spiro atoms. The summed E-state index contributed by atoms with van der Waals surface area (Å²) in [4.78, 5) is 2.57. The van der Waals surface area contributed by atoms with E-state index in [1.807, 2.05) is 0 Å². The van der Waals surface area contributed by atoms with E-state index in [1.54, 1.807) is 0 Å². The second-order valence-electron chi connectivity index (χ2n) is 5.84. The Bertz CT molecular complexity index is 351. The maximum atomic E-state index is 6.19. The van der Waals surface area contributed by atoms with Gasteiger partial charge in [-0.25, -0.2) is 0 Å². The van der Waals surface area contributed by atoms with E-state index < -0.39 is 0 Å². The van der Waals surface area contributed by atoms with Crippen LogP contribution in [0.3, 0.4) is 0 Å². The zero-order valence-electron chi connectivity index (χ0n) is 13.3. The van der Waals surface area contributed by atoms with Crippen LogP contribution in [-0.4, -0.2) is 31.1 Å². The van der Waals surface area contributed by atoms with Crippen LogP contribution >= 0.6 is 12.4 Å². The number of rotatable bonds is 8. The minimum absolute atomic E-state index is 0. The first-order chi connectivity index (χ1) is 9.90. The van der Waals surface area contributed by atoms with Crippen LogP contribution in [0.2, 0.25) is 0 Å². The first-order valence-corrected chi connectivity index (χ1v) is 8.29. The third-order valence-corrected chi connectivity index (χ3v) is 4.11. The Hall–Kier alpha value is -0.570. The molecular formula is C18H30ClNO. The van der Waals surface area contributed by atoms with Crippen LogP contribution in [0.5, 0.6) is 0 Å². The van der Waals surface area contributed by atoms with Gasteiger partial charge in [0.05, 0.1) is 6.10 Å². The first kappa shape index (κ1) is 18.5. The largest absolute Gasteiger partial charge is 0.372 e. The molecule has 2 rings (SSSR count). The fourth-order valence-corrected chi connectivity index (χ4v) is 2.88. The van der Waals surface area contributed by atoms with Gasteiger partial charge in [-0.2, -0.15) is 0 Å². The Labute approximate surface area is 136 Å². The summed E-state index contributed by atoms with van der Waals surface area (Å²) < 4.78 is 6.19. The predicted molar refractivity (Wildman–Crippen MR) is 92.2 cm³/mol. The zero-order chi connectivity index (χ0) is 14.0. The summed E-state index contributed by atoms with van der Waals surface area (Å²) >= 11 is 0. The molecule has 1 saturated heterocycles. The summed E-state index contributed by atoms with van der Waals surface area (Å²) in [5.41, 5.74) is 1.33. The molecule has 120 valence electrons. The number of nitrogens with zero attached hydrogens (tertiary/aromatic N) is 1. The highest BCUT2D eigenvalue weighted by atomic mass is 35.5. The fourth-order valence-electron chi connectivity index (χ4n) is 2.88. The van der Waals surface area contributed by atoms with Crippen LogP contribution in [0, 0.1) is 0 Å². The normalized spacial score (nSPS) is 17.2. The fraction of sp³-hybridized carbons (Fsp3) is 0.667. The van der Waals surface area contributed by atoms with Crippen molar-refractivity contribution in [2.75, 3.05) is 26.2 Å². The molecule has 0 N–H and O–H groups in total. The Morgan fingerprint density at radius 3 is 2.43 bits per heavy atom. The van der Waals surface area contributed by atoms with E-state index in [1.165, 1.54) is 57.2 Å². The first-order valence-electron chi connectivity index (χ1n) is 8.29. The lowest BCUT2D eigenvalue weighted by atomic mass is 10.1. The molecule has 1 aliphatic rings. The summed E-state index contributed by atoms with van der Waals surface area (Å²) in [6.07, 6.45) is 8.03. The number of halogens is 1. The van der Waals surface area contributed by atoms with E-state index in [-0.39, 0.29) is 18.5 Å². The molecule has 0 aliphatic carbocycles. The molecule has 1 atom stereocenters. The maximum absolute atomic E-state index is 6.19. The second kappa shape index (κ2) is 11.1. The monoisotopic (exact) mass is 311 g/mol. The van der Waals surface area contributed by atoms with Gasteiger partial charge in [0.15, 0.2) is 0 Å². The lowest BCUT2D eigenvalue weighted by Crippen LogP contribution is -2.34. The van der Waals surface area contributed by atoms with E-state index >= 15 is 0 Å². The molecule has 3 heteroatoms. The summed E-state index contributed by atoms with van der Waals surface area (Å²) in [5, 5.41) is 0. The Kier molecular flexibility index (Phi) is 9.73. The maximum Gasteiger partial charge on any atom is 0.0951 e. The third kappa shape index (κ3) is 6.82. The number of hydrogen-bond donors (Lipinski definition) is 0. The Morgan fingerprint density at radius 1 is 1.05 bits per heavy atom. The minimum atomic E-state index is 0. The smallest absolute Gasteiger partial charge is 0.0951 e. The summed E-state index contributed by atoms with van der Waals surface area (Å²) in [5.74, 6) is 0. The van der Waals surface area contributed by atoms with E-state index in [0.717, 1.165) is 13.2 Å². The lowest BCUT2D eigenvalue weighted by Gasteiger charge is -2.30. The molecule has 1 aromatic carbocycles. The number of ether oxygens (including phenoxy) is 1. The standard InChI is InChI=1S/C18H29NO.ClH/c1-2-3-10-15-20-18(17-11-6-4-7-12-17)16-19-13-8-5-9-14-19;/h4,6-7,11-12,18H,2-3,5,8-10,13-16H2,1H3;1H. The van der Waals surface area contributed by atoms with Crippen LogP contribution in [0.25, 0.3) is 0 Å². The molecule has 0 aromatic heterocycles. The van der Waals surface area contributed by atoms with Gasteiger partial charge in [-0.05, 0) is 37.9 Å². The molecule has 0 bridgehead atoms. The summed E-state index contributed by atoms with van der Waals surface area (Å²) in [7, 11) is 0. The Morgan fingerprint density at radius 2 is 1.76 bits per heavy atom. The molecule has 1 heterocycles. The topological polar surface area (TPSA) is 12.5 Å². The van der Waals surface area contributed by atoms with Crippen molar-refractivity contribution in [1.82, 2.24) is 4.90 Å². The molecule has 1 fully saturated rings. The number of hydrogen-bond acceptors (Lipinski definition) is 2. The van der Waals surface area contributed by atoms with E-state index in [0.29, 0.717) is 0 Å². The van der Waals surface area contributed by atoms with Crippen molar-refractivity contribution in [3.8, 4) is 0 Å². The van der Waals surface area contributed by atoms with Gasteiger partial charge in [0.1, 0.15) is 0 Å². The lowest BCUT2D eigenvalue weighted by molar-refractivity contribution is 0.0188. The van der Waals surface area contributed by atoms with Gasteiger partial charge in [0, 0.05) is 13.2 Å². The van der Waals surface area contributed by atoms with Crippen molar-refractivity contribution >= 4 is 12.4 Å². The molecule has 0 saturated carbocycles. The van der Waals surface area contributed by atoms with Gasteiger partial charge < -0.3 is 9.64 Å². The number of benzene rings is 1.